The van der Waals surface area contributed by atoms with Gasteiger partial charge in [-0.25, -0.2) is 0 Å². The third kappa shape index (κ3) is 2.92. The summed E-state index contributed by atoms with van der Waals surface area (Å²) < 4.78 is 0. The molecule has 1 N–H and O–H groups in total. The van der Waals surface area contributed by atoms with Gasteiger partial charge in [0.1, 0.15) is 0 Å². The van der Waals surface area contributed by atoms with Crippen LogP contribution in [0.3, 0.4) is 0 Å². The van der Waals surface area contributed by atoms with Gasteiger partial charge in [0.15, 0.2) is 5.78 Å². The molecule has 3 nitrogen and oxygen atoms in total. The summed E-state index contributed by atoms with van der Waals surface area (Å²) in [6.45, 7) is 0. The van der Waals surface area contributed by atoms with Gasteiger partial charge >= 0.3 is 0 Å². The van der Waals surface area contributed by atoms with Crippen molar-refractivity contribution < 1.29 is 9.59 Å². The molecule has 104 valence electrons. The van der Waals surface area contributed by atoms with E-state index in [1.807, 2.05) is 54.6 Å². The van der Waals surface area contributed by atoms with E-state index in [-0.39, 0.29) is 24.0 Å². The van der Waals surface area contributed by atoms with Crippen molar-refractivity contribution >= 4 is 23.5 Å². The lowest BCUT2D eigenvalue weighted by molar-refractivity contribution is -0.121. The monoisotopic (exact) mass is 277 g/mol. The third-order valence-electron chi connectivity index (χ3n) is 3.58. The van der Waals surface area contributed by atoms with Crippen LogP contribution in [0.2, 0.25) is 0 Å². The SMILES string of the molecule is O=C(/C=C/c1ccccc1)CC1C(=O)Nc2ccccc21. The summed E-state index contributed by atoms with van der Waals surface area (Å²) in [7, 11) is 0. The van der Waals surface area contributed by atoms with Crippen LogP contribution in [0.4, 0.5) is 5.69 Å². The van der Waals surface area contributed by atoms with Crippen molar-refractivity contribution in [3.8, 4) is 0 Å². The van der Waals surface area contributed by atoms with Crippen LogP contribution in [-0.4, -0.2) is 11.7 Å². The first kappa shape index (κ1) is 13.3. The average Bonchev–Trinajstić information content (AvgIpc) is 2.82. The molecule has 1 heterocycles. The Morgan fingerprint density at radius 1 is 1.05 bits per heavy atom. The minimum absolute atomic E-state index is 0.0456. The molecule has 2 aromatic rings. The number of benzene rings is 2. The lowest BCUT2D eigenvalue weighted by Crippen LogP contribution is -2.14. The highest BCUT2D eigenvalue weighted by molar-refractivity contribution is 6.06. The smallest absolute Gasteiger partial charge is 0.232 e. The van der Waals surface area contributed by atoms with Crippen LogP contribution in [0.15, 0.2) is 60.7 Å². The zero-order chi connectivity index (χ0) is 14.7. The third-order valence-corrected chi connectivity index (χ3v) is 3.58. The number of ketones is 1. The minimum Gasteiger partial charge on any atom is -0.325 e. The van der Waals surface area contributed by atoms with Crippen molar-refractivity contribution in [2.24, 2.45) is 0 Å². The summed E-state index contributed by atoms with van der Waals surface area (Å²) in [6.07, 6.45) is 3.52. The van der Waals surface area contributed by atoms with Crippen LogP contribution in [0.25, 0.3) is 6.08 Å². The number of fused-ring (bicyclic) bond motifs is 1. The van der Waals surface area contributed by atoms with Crippen LogP contribution in [0, 0.1) is 0 Å². The molecule has 0 aliphatic carbocycles. The molecule has 3 heteroatoms. The van der Waals surface area contributed by atoms with E-state index >= 15 is 0 Å². The summed E-state index contributed by atoms with van der Waals surface area (Å²) in [6, 6.07) is 17.1. The molecule has 1 atom stereocenters. The fourth-order valence-corrected chi connectivity index (χ4v) is 2.50. The van der Waals surface area contributed by atoms with Gasteiger partial charge in [-0.2, -0.15) is 0 Å². The number of para-hydroxylation sites is 1. The zero-order valence-electron chi connectivity index (χ0n) is 11.5. The van der Waals surface area contributed by atoms with E-state index in [0.29, 0.717) is 0 Å². The van der Waals surface area contributed by atoms with E-state index in [0.717, 1.165) is 16.8 Å². The predicted octanol–water partition coefficient (Wildman–Crippen LogP) is 3.39. The fraction of sp³-hybridized carbons (Fsp3) is 0.111. The maximum atomic E-state index is 12.1. The van der Waals surface area contributed by atoms with E-state index in [2.05, 4.69) is 5.32 Å². The van der Waals surface area contributed by atoms with Crippen molar-refractivity contribution in [2.75, 3.05) is 5.32 Å². The zero-order valence-corrected chi connectivity index (χ0v) is 11.5. The van der Waals surface area contributed by atoms with Crippen molar-refractivity contribution in [3.63, 3.8) is 0 Å². The van der Waals surface area contributed by atoms with Gasteiger partial charge in [0.25, 0.3) is 0 Å². The van der Waals surface area contributed by atoms with E-state index in [1.165, 1.54) is 0 Å². The molecule has 1 aliphatic heterocycles. The van der Waals surface area contributed by atoms with Crippen LogP contribution < -0.4 is 5.32 Å². The quantitative estimate of drug-likeness (QED) is 0.871. The van der Waals surface area contributed by atoms with Crippen LogP contribution in [0.5, 0.6) is 0 Å². The number of allylic oxidation sites excluding steroid dienone is 1. The van der Waals surface area contributed by atoms with Crippen LogP contribution >= 0.6 is 0 Å². The Kier molecular flexibility index (Phi) is 3.65. The molecule has 0 spiro atoms. The molecule has 0 saturated heterocycles. The van der Waals surface area contributed by atoms with E-state index in [4.69, 9.17) is 0 Å². The highest BCUT2D eigenvalue weighted by Gasteiger charge is 2.31. The number of carbonyl (C=O) groups excluding carboxylic acids is 2. The highest BCUT2D eigenvalue weighted by Crippen LogP contribution is 2.34. The Hall–Kier alpha value is -2.68. The highest BCUT2D eigenvalue weighted by atomic mass is 16.2. The first-order valence-corrected chi connectivity index (χ1v) is 6.90. The van der Waals surface area contributed by atoms with Crippen molar-refractivity contribution in [1.29, 1.82) is 0 Å². The summed E-state index contributed by atoms with van der Waals surface area (Å²) in [5, 5.41) is 2.81. The van der Waals surface area contributed by atoms with E-state index in [9.17, 15) is 9.59 Å². The minimum atomic E-state index is -0.380. The molecule has 1 aliphatic rings. The normalized spacial score (nSPS) is 16.8. The first-order valence-electron chi connectivity index (χ1n) is 6.90. The number of nitrogens with one attached hydrogen (secondary N) is 1. The molecule has 3 rings (SSSR count). The Morgan fingerprint density at radius 2 is 1.76 bits per heavy atom. The average molecular weight is 277 g/mol. The number of amides is 1. The first-order chi connectivity index (χ1) is 10.2. The molecule has 1 amide bonds. The second kappa shape index (κ2) is 5.75. The summed E-state index contributed by atoms with van der Waals surface area (Å²) in [5.41, 5.74) is 2.69. The Morgan fingerprint density at radius 3 is 2.57 bits per heavy atom. The van der Waals surface area contributed by atoms with Crippen molar-refractivity contribution in [3.05, 3.63) is 71.8 Å². The molecule has 0 radical (unpaired) electrons. The Labute approximate surface area is 123 Å². The van der Waals surface area contributed by atoms with Crippen LogP contribution in [0.1, 0.15) is 23.5 Å². The number of hydrogen-bond donors (Lipinski definition) is 1. The number of rotatable bonds is 4. The number of hydrogen-bond acceptors (Lipinski definition) is 2. The lowest BCUT2D eigenvalue weighted by atomic mass is 9.95. The molecule has 0 aromatic heterocycles. The molecular weight excluding hydrogens is 262 g/mol. The van der Waals surface area contributed by atoms with Crippen molar-refractivity contribution in [1.82, 2.24) is 0 Å². The maximum absolute atomic E-state index is 12.1. The predicted molar refractivity (Wildman–Crippen MR) is 82.9 cm³/mol. The van der Waals surface area contributed by atoms with Crippen molar-refractivity contribution in [2.45, 2.75) is 12.3 Å². The largest absolute Gasteiger partial charge is 0.325 e. The van der Waals surface area contributed by atoms with E-state index in [1.54, 1.807) is 12.2 Å². The van der Waals surface area contributed by atoms with Gasteiger partial charge in [0.2, 0.25) is 5.91 Å². The van der Waals surface area contributed by atoms with Gasteiger partial charge in [-0.3, -0.25) is 9.59 Å². The van der Waals surface area contributed by atoms with E-state index < -0.39 is 0 Å². The fourth-order valence-electron chi connectivity index (χ4n) is 2.50. The second-order valence-corrected chi connectivity index (χ2v) is 5.04. The van der Waals surface area contributed by atoms with Crippen LogP contribution in [-0.2, 0) is 9.59 Å². The molecular formula is C18H15NO2. The lowest BCUT2D eigenvalue weighted by Gasteiger charge is -2.05. The van der Waals surface area contributed by atoms with Gasteiger partial charge in [-0.15, -0.1) is 0 Å². The second-order valence-electron chi connectivity index (χ2n) is 5.04. The summed E-state index contributed by atoms with van der Waals surface area (Å²) >= 11 is 0. The molecule has 2 aromatic carbocycles. The van der Waals surface area contributed by atoms with Gasteiger partial charge < -0.3 is 5.32 Å². The Balaban J connectivity index is 1.71. The molecule has 0 bridgehead atoms. The molecule has 21 heavy (non-hydrogen) atoms. The standard InChI is InChI=1S/C18H15NO2/c20-14(11-10-13-6-2-1-3-7-13)12-16-15-8-4-5-9-17(15)19-18(16)21/h1-11,16H,12H2,(H,19,21)/b11-10+. The van der Waals surface area contributed by atoms with Gasteiger partial charge in [0.05, 0.1) is 5.92 Å². The Bertz CT molecular complexity index is 704. The maximum Gasteiger partial charge on any atom is 0.232 e. The molecule has 0 saturated carbocycles. The number of carbonyl (C=O) groups is 2. The molecule has 0 fully saturated rings. The summed E-state index contributed by atoms with van der Waals surface area (Å²) in [5.74, 6) is -0.525. The van der Waals surface area contributed by atoms with Gasteiger partial charge in [-0.05, 0) is 23.3 Å². The van der Waals surface area contributed by atoms with Gasteiger partial charge in [-0.1, -0.05) is 54.6 Å². The topological polar surface area (TPSA) is 46.2 Å². The number of anilines is 1. The van der Waals surface area contributed by atoms with Gasteiger partial charge in [0, 0.05) is 12.1 Å². The summed E-state index contributed by atoms with van der Waals surface area (Å²) in [4.78, 5) is 24.0. The molecule has 1 unspecified atom stereocenters.